The second-order valence-corrected chi connectivity index (χ2v) is 4.69. The summed E-state index contributed by atoms with van der Waals surface area (Å²) in [4.78, 5) is 15.9. The van der Waals surface area contributed by atoms with Crippen molar-refractivity contribution in [2.45, 2.75) is 13.3 Å². The van der Waals surface area contributed by atoms with Gasteiger partial charge in [-0.25, -0.2) is 4.98 Å². The Kier molecular flexibility index (Phi) is 3.68. The normalized spacial score (nSPS) is 10.7. The summed E-state index contributed by atoms with van der Waals surface area (Å²) in [5.74, 6) is -0.0582. The van der Waals surface area contributed by atoms with Gasteiger partial charge < -0.3 is 0 Å². The molecule has 0 N–H and O–H groups in total. The van der Waals surface area contributed by atoms with Gasteiger partial charge in [0.2, 0.25) is 0 Å². The van der Waals surface area contributed by atoms with Gasteiger partial charge in [-0.15, -0.1) is 0 Å². The van der Waals surface area contributed by atoms with Crippen LogP contribution >= 0.6 is 23.2 Å². The number of rotatable bonds is 3. The second-order valence-electron chi connectivity index (χ2n) is 3.95. The van der Waals surface area contributed by atoms with E-state index in [0.29, 0.717) is 15.9 Å². The fourth-order valence-electron chi connectivity index (χ4n) is 1.68. The maximum absolute atomic E-state index is 12.1. The van der Waals surface area contributed by atoms with Gasteiger partial charge in [-0.05, 0) is 19.1 Å². The number of pyridine rings is 1. The van der Waals surface area contributed by atoms with Gasteiger partial charge in [-0.2, -0.15) is 5.10 Å². The lowest BCUT2D eigenvalue weighted by atomic mass is 10.1. The summed E-state index contributed by atoms with van der Waals surface area (Å²) in [5, 5.41) is 5.02. The third kappa shape index (κ3) is 2.54. The van der Waals surface area contributed by atoms with E-state index in [1.165, 1.54) is 6.20 Å². The number of nitrogens with zero attached hydrogens (tertiary/aromatic N) is 3. The Bertz CT molecular complexity index is 590. The zero-order chi connectivity index (χ0) is 13.3. The number of aryl methyl sites for hydroxylation is 2. The molecule has 18 heavy (non-hydrogen) atoms. The van der Waals surface area contributed by atoms with Crippen LogP contribution in [0.4, 0.5) is 0 Å². The van der Waals surface area contributed by atoms with Crippen LogP contribution in [0.5, 0.6) is 0 Å². The Morgan fingerprint density at radius 3 is 2.61 bits per heavy atom. The molecule has 0 unspecified atom stereocenters. The number of halogens is 2. The Morgan fingerprint density at radius 2 is 2.11 bits per heavy atom. The molecule has 0 aliphatic heterocycles. The van der Waals surface area contributed by atoms with E-state index in [1.54, 1.807) is 23.9 Å². The minimum Gasteiger partial charge on any atom is -0.294 e. The van der Waals surface area contributed by atoms with Crippen molar-refractivity contribution in [2.24, 2.45) is 7.05 Å². The van der Waals surface area contributed by atoms with Crippen molar-refractivity contribution in [3.63, 3.8) is 0 Å². The number of carbonyl (C=O) groups is 1. The Balaban J connectivity index is 2.24. The molecular formula is C12H11Cl2N3O. The van der Waals surface area contributed by atoms with E-state index in [0.717, 1.165) is 11.3 Å². The lowest BCUT2D eigenvalue weighted by molar-refractivity contribution is 0.0992. The van der Waals surface area contributed by atoms with Crippen molar-refractivity contribution in [1.82, 2.24) is 14.8 Å². The maximum atomic E-state index is 12.1. The minimum atomic E-state index is -0.0582. The van der Waals surface area contributed by atoms with Gasteiger partial charge >= 0.3 is 0 Å². The molecule has 4 nitrogen and oxygen atoms in total. The fourth-order valence-corrected chi connectivity index (χ4v) is 2.03. The third-order valence-electron chi connectivity index (χ3n) is 2.66. The summed E-state index contributed by atoms with van der Waals surface area (Å²) in [6.07, 6.45) is 1.67. The molecule has 0 fully saturated rings. The van der Waals surface area contributed by atoms with Gasteiger partial charge in [-0.3, -0.25) is 9.48 Å². The van der Waals surface area contributed by atoms with Crippen LogP contribution < -0.4 is 0 Å². The van der Waals surface area contributed by atoms with E-state index in [2.05, 4.69) is 10.1 Å². The van der Waals surface area contributed by atoms with Crippen LogP contribution in [0.25, 0.3) is 0 Å². The third-order valence-corrected chi connectivity index (χ3v) is 3.35. The Morgan fingerprint density at radius 1 is 1.39 bits per heavy atom. The first-order valence-corrected chi connectivity index (χ1v) is 6.07. The molecule has 0 radical (unpaired) electrons. The van der Waals surface area contributed by atoms with Crippen LogP contribution in [0.2, 0.25) is 10.3 Å². The first kappa shape index (κ1) is 13.1. The van der Waals surface area contributed by atoms with Crippen molar-refractivity contribution in [3.8, 4) is 0 Å². The van der Waals surface area contributed by atoms with Gasteiger partial charge in [0.15, 0.2) is 5.78 Å². The predicted molar refractivity (Wildman–Crippen MR) is 70.2 cm³/mol. The predicted octanol–water partition coefficient (Wildman–Crippen LogP) is 2.86. The quantitative estimate of drug-likeness (QED) is 0.643. The Labute approximate surface area is 115 Å². The van der Waals surface area contributed by atoms with Crippen molar-refractivity contribution < 1.29 is 4.79 Å². The monoisotopic (exact) mass is 283 g/mol. The molecule has 0 aliphatic carbocycles. The highest BCUT2D eigenvalue weighted by atomic mass is 35.5. The van der Waals surface area contributed by atoms with Crippen molar-refractivity contribution in [2.75, 3.05) is 0 Å². The highest BCUT2D eigenvalue weighted by molar-refractivity contribution is 6.30. The van der Waals surface area contributed by atoms with Gasteiger partial charge in [0, 0.05) is 30.8 Å². The summed E-state index contributed by atoms with van der Waals surface area (Å²) >= 11 is 11.8. The zero-order valence-corrected chi connectivity index (χ0v) is 11.5. The molecule has 0 aromatic carbocycles. The van der Waals surface area contributed by atoms with E-state index in [9.17, 15) is 4.79 Å². The summed E-state index contributed by atoms with van der Waals surface area (Å²) in [7, 11) is 1.74. The topological polar surface area (TPSA) is 47.8 Å². The largest absolute Gasteiger partial charge is 0.294 e. The van der Waals surface area contributed by atoms with Crippen molar-refractivity contribution in [3.05, 3.63) is 45.5 Å². The van der Waals surface area contributed by atoms with Gasteiger partial charge in [-0.1, -0.05) is 23.2 Å². The summed E-state index contributed by atoms with van der Waals surface area (Å²) in [5.41, 5.74) is 2.02. The molecule has 0 bridgehead atoms. The summed E-state index contributed by atoms with van der Waals surface area (Å²) in [6, 6.07) is 3.24. The van der Waals surface area contributed by atoms with E-state index in [1.807, 2.05) is 6.92 Å². The summed E-state index contributed by atoms with van der Waals surface area (Å²) < 4.78 is 1.56. The van der Waals surface area contributed by atoms with Crippen LogP contribution in [0.3, 0.4) is 0 Å². The van der Waals surface area contributed by atoms with Crippen LogP contribution in [0, 0.1) is 6.92 Å². The zero-order valence-electron chi connectivity index (χ0n) is 9.94. The summed E-state index contributed by atoms with van der Waals surface area (Å²) in [6.45, 7) is 1.83. The molecule has 2 aromatic heterocycles. The van der Waals surface area contributed by atoms with Crippen LogP contribution in [0.1, 0.15) is 21.6 Å². The number of Topliss-reactive ketones (excluding diaryl/α,β-unsaturated/α-hetero) is 1. The molecule has 2 heterocycles. The van der Waals surface area contributed by atoms with Gasteiger partial charge in [0.1, 0.15) is 10.3 Å². The highest BCUT2D eigenvalue weighted by Crippen LogP contribution is 2.20. The lowest BCUT2D eigenvalue weighted by Gasteiger charge is -2.01. The Hall–Kier alpha value is -1.39. The molecule has 0 atom stereocenters. The standard InChI is InChI=1S/C12H11Cl2N3O/c1-7-9(12(14)17(2)16-7)5-10(18)8-3-4-11(13)15-6-8/h3-4,6H,5H2,1-2H3. The molecule has 0 saturated carbocycles. The van der Waals surface area contributed by atoms with Crippen molar-refractivity contribution >= 4 is 29.0 Å². The highest BCUT2D eigenvalue weighted by Gasteiger charge is 2.16. The molecule has 0 spiro atoms. The number of aromatic nitrogens is 3. The number of carbonyl (C=O) groups excluding carboxylic acids is 1. The lowest BCUT2D eigenvalue weighted by Crippen LogP contribution is -2.05. The van der Waals surface area contributed by atoms with Gasteiger partial charge in [0.25, 0.3) is 0 Å². The molecule has 94 valence electrons. The van der Waals surface area contributed by atoms with Gasteiger partial charge in [0.05, 0.1) is 5.69 Å². The molecule has 2 aromatic rings. The van der Waals surface area contributed by atoms with E-state index >= 15 is 0 Å². The van der Waals surface area contributed by atoms with E-state index in [4.69, 9.17) is 23.2 Å². The molecule has 6 heteroatoms. The maximum Gasteiger partial charge on any atom is 0.168 e. The number of ketones is 1. The second kappa shape index (κ2) is 5.08. The minimum absolute atomic E-state index is 0.0582. The molecule has 0 aliphatic rings. The van der Waals surface area contributed by atoms with Crippen LogP contribution in [-0.2, 0) is 13.5 Å². The van der Waals surface area contributed by atoms with E-state index < -0.39 is 0 Å². The van der Waals surface area contributed by atoms with Crippen LogP contribution in [0.15, 0.2) is 18.3 Å². The van der Waals surface area contributed by atoms with Crippen LogP contribution in [-0.4, -0.2) is 20.5 Å². The first-order valence-electron chi connectivity index (χ1n) is 5.31. The van der Waals surface area contributed by atoms with E-state index in [-0.39, 0.29) is 12.2 Å². The average molecular weight is 284 g/mol. The SMILES string of the molecule is Cc1nn(C)c(Cl)c1CC(=O)c1ccc(Cl)nc1. The van der Waals surface area contributed by atoms with Crippen molar-refractivity contribution in [1.29, 1.82) is 0 Å². The molecule has 0 amide bonds. The average Bonchev–Trinajstić information content (AvgIpc) is 2.57. The molecular weight excluding hydrogens is 273 g/mol. The molecule has 0 saturated heterocycles. The fraction of sp³-hybridized carbons (Fsp3) is 0.250. The number of hydrogen-bond donors (Lipinski definition) is 0. The number of hydrogen-bond acceptors (Lipinski definition) is 3. The molecule has 2 rings (SSSR count). The smallest absolute Gasteiger partial charge is 0.168 e. The first-order chi connectivity index (χ1) is 8.49.